The smallest absolute Gasteiger partial charge is 0.134 e. The zero-order valence-corrected chi connectivity index (χ0v) is 9.89. The second kappa shape index (κ2) is 4.50. The highest BCUT2D eigenvalue weighted by Crippen LogP contribution is 2.25. The summed E-state index contributed by atoms with van der Waals surface area (Å²) in [7, 11) is 0. The number of nitrogens with zero attached hydrogens (tertiary/aromatic N) is 4. The standard InChI is InChI=1S/C11H11N5S/c1-3-12-11(9-2-8-17-10(1)9)13-4-6-16-7-5-14-15-16/h1-3,5,7-8H,4,6H2,(H,12,13). The molecule has 17 heavy (non-hydrogen) atoms. The van der Waals surface area contributed by atoms with Gasteiger partial charge in [0.15, 0.2) is 0 Å². The fourth-order valence-electron chi connectivity index (χ4n) is 1.68. The first-order valence-corrected chi connectivity index (χ1v) is 6.21. The molecular weight excluding hydrogens is 234 g/mol. The monoisotopic (exact) mass is 245 g/mol. The molecule has 1 N–H and O–H groups in total. The van der Waals surface area contributed by atoms with E-state index < -0.39 is 0 Å². The maximum Gasteiger partial charge on any atom is 0.134 e. The minimum Gasteiger partial charge on any atom is -0.368 e. The van der Waals surface area contributed by atoms with Gasteiger partial charge in [0.1, 0.15) is 5.82 Å². The number of aromatic nitrogens is 4. The van der Waals surface area contributed by atoms with Gasteiger partial charge in [-0.25, -0.2) is 4.98 Å². The lowest BCUT2D eigenvalue weighted by Crippen LogP contribution is -2.11. The molecule has 3 aromatic rings. The second-order valence-corrected chi connectivity index (χ2v) is 4.53. The summed E-state index contributed by atoms with van der Waals surface area (Å²) >= 11 is 1.73. The fourth-order valence-corrected chi connectivity index (χ4v) is 2.46. The van der Waals surface area contributed by atoms with E-state index in [2.05, 4.69) is 32.1 Å². The van der Waals surface area contributed by atoms with Gasteiger partial charge in [0.25, 0.3) is 0 Å². The van der Waals surface area contributed by atoms with Crippen LogP contribution in [-0.2, 0) is 6.54 Å². The second-order valence-electron chi connectivity index (χ2n) is 3.58. The van der Waals surface area contributed by atoms with E-state index in [9.17, 15) is 0 Å². The van der Waals surface area contributed by atoms with Crippen molar-refractivity contribution < 1.29 is 0 Å². The molecule has 0 amide bonds. The average Bonchev–Trinajstić information content (AvgIpc) is 2.99. The predicted molar refractivity (Wildman–Crippen MR) is 68.1 cm³/mol. The Bertz CT molecular complexity index is 601. The summed E-state index contributed by atoms with van der Waals surface area (Å²) < 4.78 is 3.05. The third kappa shape index (κ3) is 2.12. The molecule has 0 radical (unpaired) electrons. The first kappa shape index (κ1) is 10.2. The van der Waals surface area contributed by atoms with Crippen LogP contribution in [0.1, 0.15) is 0 Å². The number of anilines is 1. The molecule has 0 bridgehead atoms. The van der Waals surface area contributed by atoms with E-state index in [0.29, 0.717) is 0 Å². The largest absolute Gasteiger partial charge is 0.368 e. The fraction of sp³-hybridized carbons (Fsp3) is 0.182. The number of nitrogens with one attached hydrogen (secondary N) is 1. The van der Waals surface area contributed by atoms with E-state index in [1.807, 2.05) is 18.5 Å². The molecule has 0 spiro atoms. The molecular formula is C11H11N5S. The topological polar surface area (TPSA) is 55.6 Å². The summed E-state index contributed by atoms with van der Waals surface area (Å²) in [6, 6.07) is 4.12. The highest BCUT2D eigenvalue weighted by atomic mass is 32.1. The molecule has 0 aliphatic rings. The van der Waals surface area contributed by atoms with Crippen LogP contribution in [0.5, 0.6) is 0 Å². The van der Waals surface area contributed by atoms with Gasteiger partial charge < -0.3 is 5.32 Å². The summed E-state index contributed by atoms with van der Waals surface area (Å²) in [5.41, 5.74) is 0. The average molecular weight is 245 g/mol. The molecule has 0 unspecified atom stereocenters. The van der Waals surface area contributed by atoms with Crippen LogP contribution in [0.3, 0.4) is 0 Å². The van der Waals surface area contributed by atoms with Gasteiger partial charge in [-0.2, -0.15) is 0 Å². The first-order chi connectivity index (χ1) is 8.43. The van der Waals surface area contributed by atoms with Gasteiger partial charge in [-0.05, 0) is 17.5 Å². The van der Waals surface area contributed by atoms with Crippen molar-refractivity contribution in [3.63, 3.8) is 0 Å². The molecule has 0 aliphatic carbocycles. The van der Waals surface area contributed by atoms with E-state index in [1.165, 1.54) is 10.1 Å². The molecule has 0 saturated heterocycles. The van der Waals surface area contributed by atoms with E-state index in [4.69, 9.17) is 0 Å². The van der Waals surface area contributed by atoms with Gasteiger partial charge in [-0.15, -0.1) is 16.4 Å². The molecule has 5 nitrogen and oxygen atoms in total. The Kier molecular flexibility index (Phi) is 2.71. The lowest BCUT2D eigenvalue weighted by molar-refractivity contribution is 0.608. The lowest BCUT2D eigenvalue weighted by atomic mass is 10.3. The van der Waals surface area contributed by atoms with Gasteiger partial charge in [0.05, 0.1) is 12.7 Å². The highest BCUT2D eigenvalue weighted by Gasteiger charge is 2.02. The molecule has 0 atom stereocenters. The van der Waals surface area contributed by atoms with Crippen molar-refractivity contribution >= 4 is 27.2 Å². The molecule has 0 saturated carbocycles. The minimum absolute atomic E-state index is 0.780. The van der Waals surface area contributed by atoms with Crippen LogP contribution in [0.4, 0.5) is 5.82 Å². The summed E-state index contributed by atoms with van der Waals surface area (Å²) in [6.07, 6.45) is 5.36. The number of pyridine rings is 1. The summed E-state index contributed by atoms with van der Waals surface area (Å²) in [5, 5.41) is 14.2. The lowest BCUT2D eigenvalue weighted by Gasteiger charge is -2.06. The third-order valence-corrected chi connectivity index (χ3v) is 3.37. The van der Waals surface area contributed by atoms with E-state index in [1.54, 1.807) is 22.2 Å². The molecule has 86 valence electrons. The predicted octanol–water partition coefficient (Wildman–Crippen LogP) is 2.00. The summed E-state index contributed by atoms with van der Waals surface area (Å²) in [5.74, 6) is 0.934. The third-order valence-electron chi connectivity index (χ3n) is 2.49. The van der Waals surface area contributed by atoms with E-state index in [0.717, 1.165) is 18.9 Å². The van der Waals surface area contributed by atoms with Gasteiger partial charge in [-0.3, -0.25) is 4.68 Å². The summed E-state index contributed by atoms with van der Waals surface area (Å²) in [6.45, 7) is 1.56. The van der Waals surface area contributed by atoms with Crippen LogP contribution < -0.4 is 5.32 Å². The van der Waals surface area contributed by atoms with Crippen molar-refractivity contribution in [2.45, 2.75) is 6.54 Å². The van der Waals surface area contributed by atoms with Crippen molar-refractivity contribution in [2.75, 3.05) is 11.9 Å². The van der Waals surface area contributed by atoms with Crippen LogP contribution in [0.15, 0.2) is 36.1 Å². The number of rotatable bonds is 4. The van der Waals surface area contributed by atoms with Crippen LogP contribution in [0.25, 0.3) is 10.1 Å². The summed E-state index contributed by atoms with van der Waals surface area (Å²) in [4.78, 5) is 4.35. The van der Waals surface area contributed by atoms with Crippen LogP contribution >= 0.6 is 11.3 Å². The van der Waals surface area contributed by atoms with Gasteiger partial charge >= 0.3 is 0 Å². The van der Waals surface area contributed by atoms with Crippen LogP contribution in [0.2, 0.25) is 0 Å². The molecule has 0 fully saturated rings. The maximum absolute atomic E-state index is 4.35. The Labute approximate surface area is 102 Å². The molecule has 0 aliphatic heterocycles. The number of thiophene rings is 1. The van der Waals surface area contributed by atoms with E-state index >= 15 is 0 Å². The Hall–Kier alpha value is -1.95. The first-order valence-electron chi connectivity index (χ1n) is 5.34. The van der Waals surface area contributed by atoms with Crippen molar-refractivity contribution in [3.8, 4) is 0 Å². The molecule has 6 heteroatoms. The van der Waals surface area contributed by atoms with E-state index in [-0.39, 0.29) is 0 Å². The number of hydrogen-bond donors (Lipinski definition) is 1. The number of hydrogen-bond acceptors (Lipinski definition) is 5. The van der Waals surface area contributed by atoms with Crippen molar-refractivity contribution in [3.05, 3.63) is 36.1 Å². The normalized spacial score (nSPS) is 10.8. The molecule has 3 aromatic heterocycles. The highest BCUT2D eigenvalue weighted by molar-refractivity contribution is 7.17. The zero-order chi connectivity index (χ0) is 11.5. The molecule has 3 rings (SSSR count). The Morgan fingerprint density at radius 2 is 2.29 bits per heavy atom. The Morgan fingerprint density at radius 3 is 3.18 bits per heavy atom. The molecule has 3 heterocycles. The SMILES string of the molecule is c1cn(CCNc2nccc3sccc23)nn1. The minimum atomic E-state index is 0.780. The van der Waals surface area contributed by atoms with Crippen molar-refractivity contribution in [1.82, 2.24) is 20.0 Å². The van der Waals surface area contributed by atoms with Gasteiger partial charge in [0.2, 0.25) is 0 Å². The number of fused-ring (bicyclic) bond motifs is 1. The zero-order valence-electron chi connectivity index (χ0n) is 9.08. The Balaban J connectivity index is 1.70. The van der Waals surface area contributed by atoms with Crippen LogP contribution in [0, 0.1) is 0 Å². The van der Waals surface area contributed by atoms with Gasteiger partial charge in [0, 0.05) is 29.0 Å². The van der Waals surface area contributed by atoms with Crippen LogP contribution in [-0.4, -0.2) is 26.5 Å². The van der Waals surface area contributed by atoms with Crippen molar-refractivity contribution in [1.29, 1.82) is 0 Å². The quantitative estimate of drug-likeness (QED) is 0.764. The van der Waals surface area contributed by atoms with Gasteiger partial charge in [-0.1, -0.05) is 5.21 Å². The Morgan fingerprint density at radius 1 is 1.29 bits per heavy atom. The maximum atomic E-state index is 4.35. The van der Waals surface area contributed by atoms with Crippen molar-refractivity contribution in [2.24, 2.45) is 0 Å². The molecule has 0 aromatic carbocycles.